The number of hydrogen-bond acceptors (Lipinski definition) is 7. The first-order chi connectivity index (χ1) is 12.9. The summed E-state index contributed by atoms with van der Waals surface area (Å²) in [6.45, 7) is 1.35. The molecular weight excluding hydrogens is 350 g/mol. The number of Topliss-reactive ketones (excluding diaryl/α,β-unsaturated/α-hetero) is 1. The Kier molecular flexibility index (Phi) is 4.85. The van der Waals surface area contributed by atoms with Crippen molar-refractivity contribution in [1.29, 1.82) is 0 Å². The van der Waals surface area contributed by atoms with Crippen LogP contribution in [0.4, 0.5) is 5.69 Å². The molecule has 7 nitrogen and oxygen atoms in total. The first kappa shape index (κ1) is 18.1. The van der Waals surface area contributed by atoms with Gasteiger partial charge in [-0.05, 0) is 43.3 Å². The van der Waals surface area contributed by atoms with E-state index >= 15 is 0 Å². The Labute approximate surface area is 153 Å². The smallest absolute Gasteiger partial charge is 0.348 e. The molecule has 1 heterocycles. The van der Waals surface area contributed by atoms with E-state index in [0.29, 0.717) is 11.3 Å². The maximum atomic E-state index is 12.2. The molecule has 0 unspecified atom stereocenters. The van der Waals surface area contributed by atoms with Crippen LogP contribution in [-0.2, 0) is 4.74 Å². The van der Waals surface area contributed by atoms with Gasteiger partial charge in [0.05, 0.1) is 29.3 Å². The largest absolute Gasteiger partial charge is 0.506 e. The lowest BCUT2D eigenvalue weighted by atomic mass is 10.1. The zero-order valence-corrected chi connectivity index (χ0v) is 14.6. The first-order valence-corrected chi connectivity index (χ1v) is 7.94. The van der Waals surface area contributed by atoms with Crippen molar-refractivity contribution in [3.8, 4) is 5.75 Å². The van der Waals surface area contributed by atoms with Crippen molar-refractivity contribution in [2.45, 2.75) is 6.92 Å². The van der Waals surface area contributed by atoms with Gasteiger partial charge in [0.25, 0.3) is 0 Å². The number of carbonyl (C=O) groups excluding carboxylic acids is 2. The lowest BCUT2D eigenvalue weighted by Gasteiger charge is -2.05. The lowest BCUT2D eigenvalue weighted by Crippen LogP contribution is -2.08. The summed E-state index contributed by atoms with van der Waals surface area (Å²) in [5.74, 6) is -1.07. The third kappa shape index (κ3) is 3.48. The molecule has 0 atom stereocenters. The second-order valence-corrected chi connectivity index (χ2v) is 5.69. The molecule has 0 saturated carbocycles. The van der Waals surface area contributed by atoms with Gasteiger partial charge in [0, 0.05) is 6.21 Å². The van der Waals surface area contributed by atoms with Gasteiger partial charge in [0.1, 0.15) is 11.3 Å². The van der Waals surface area contributed by atoms with Crippen LogP contribution < -0.4 is 5.63 Å². The van der Waals surface area contributed by atoms with E-state index in [4.69, 9.17) is 4.42 Å². The number of ether oxygens (including phenoxy) is 1. The molecule has 0 radical (unpaired) electrons. The van der Waals surface area contributed by atoms with Crippen LogP contribution in [0.15, 0.2) is 56.7 Å². The van der Waals surface area contributed by atoms with E-state index in [1.165, 1.54) is 38.4 Å². The van der Waals surface area contributed by atoms with Crippen LogP contribution in [0.1, 0.15) is 33.2 Å². The standard InChI is InChI=1S/C20H15NO6/c1-11(22)14-4-3-5-15-17(23)16(20(25)27-18(14)15)10-21-13-8-6-12(7-9-13)19(24)26-2/h3-10,23H,1-2H3. The number of rotatable bonds is 4. The SMILES string of the molecule is COC(=O)c1ccc(N=Cc2c(O)c3cccc(C(C)=O)c3oc2=O)cc1. The van der Waals surface area contributed by atoms with Crippen LogP contribution in [0.2, 0.25) is 0 Å². The van der Waals surface area contributed by atoms with Gasteiger partial charge >= 0.3 is 11.6 Å². The van der Waals surface area contributed by atoms with Crippen LogP contribution in [0.25, 0.3) is 11.0 Å². The number of carbonyl (C=O) groups is 2. The van der Waals surface area contributed by atoms with Crippen molar-refractivity contribution in [2.75, 3.05) is 7.11 Å². The number of nitrogens with zero attached hydrogens (tertiary/aromatic N) is 1. The molecule has 0 aliphatic carbocycles. The molecule has 0 amide bonds. The molecule has 0 aliphatic rings. The van der Waals surface area contributed by atoms with Crippen molar-refractivity contribution in [3.63, 3.8) is 0 Å². The Balaban J connectivity index is 2.02. The van der Waals surface area contributed by atoms with Gasteiger partial charge in [-0.25, -0.2) is 9.59 Å². The molecular formula is C20H15NO6. The number of fused-ring (bicyclic) bond motifs is 1. The summed E-state index contributed by atoms with van der Waals surface area (Å²) < 4.78 is 9.85. The normalized spacial score (nSPS) is 11.0. The predicted molar refractivity (Wildman–Crippen MR) is 99.2 cm³/mol. The Hall–Kier alpha value is -3.74. The summed E-state index contributed by atoms with van der Waals surface area (Å²) in [7, 11) is 1.29. The fraction of sp³-hybridized carbons (Fsp3) is 0.100. The zero-order chi connectivity index (χ0) is 19.6. The molecule has 0 saturated heterocycles. The second kappa shape index (κ2) is 7.25. The third-order valence-corrected chi connectivity index (χ3v) is 3.95. The minimum absolute atomic E-state index is 0.0343. The van der Waals surface area contributed by atoms with Crippen LogP contribution in [0.5, 0.6) is 5.75 Å². The highest BCUT2D eigenvalue weighted by Gasteiger charge is 2.16. The molecule has 0 fully saturated rings. The van der Waals surface area contributed by atoms with Crippen LogP contribution in [0, 0.1) is 0 Å². The van der Waals surface area contributed by atoms with Crippen LogP contribution in [0.3, 0.4) is 0 Å². The Morgan fingerprint density at radius 3 is 2.48 bits per heavy atom. The monoisotopic (exact) mass is 365 g/mol. The van der Waals surface area contributed by atoms with Gasteiger partial charge in [0.2, 0.25) is 0 Å². The fourth-order valence-electron chi connectivity index (χ4n) is 2.55. The molecule has 3 rings (SSSR count). The quantitative estimate of drug-likeness (QED) is 0.329. The number of esters is 1. The molecule has 2 aromatic carbocycles. The Bertz CT molecular complexity index is 1130. The molecule has 1 N–H and O–H groups in total. The Morgan fingerprint density at radius 1 is 1.15 bits per heavy atom. The number of para-hydroxylation sites is 1. The number of benzene rings is 2. The number of aromatic hydroxyl groups is 1. The minimum atomic E-state index is -0.816. The van der Waals surface area contributed by atoms with Crippen LogP contribution >= 0.6 is 0 Å². The van der Waals surface area contributed by atoms with Gasteiger partial charge in [-0.2, -0.15) is 0 Å². The molecule has 0 aliphatic heterocycles. The van der Waals surface area contributed by atoms with Gasteiger partial charge in [0.15, 0.2) is 11.4 Å². The molecule has 7 heteroatoms. The van der Waals surface area contributed by atoms with Gasteiger partial charge in [-0.15, -0.1) is 0 Å². The summed E-state index contributed by atoms with van der Waals surface area (Å²) >= 11 is 0. The summed E-state index contributed by atoms with van der Waals surface area (Å²) in [5, 5.41) is 10.7. The minimum Gasteiger partial charge on any atom is -0.506 e. The van der Waals surface area contributed by atoms with E-state index in [0.717, 1.165) is 0 Å². The molecule has 0 spiro atoms. The summed E-state index contributed by atoms with van der Waals surface area (Å²) in [6.07, 6.45) is 1.17. The molecule has 1 aromatic heterocycles. The van der Waals surface area contributed by atoms with Crippen molar-refractivity contribution < 1.29 is 23.8 Å². The van der Waals surface area contributed by atoms with E-state index in [2.05, 4.69) is 9.73 Å². The summed E-state index contributed by atoms with van der Waals surface area (Å²) in [4.78, 5) is 39.5. The van der Waals surface area contributed by atoms with Crippen molar-refractivity contribution in [3.05, 3.63) is 69.6 Å². The van der Waals surface area contributed by atoms with E-state index < -0.39 is 11.6 Å². The van der Waals surface area contributed by atoms with E-state index in [9.17, 15) is 19.5 Å². The number of hydrogen-bond donors (Lipinski definition) is 1. The van der Waals surface area contributed by atoms with Crippen LogP contribution in [-0.4, -0.2) is 30.2 Å². The van der Waals surface area contributed by atoms with E-state index in [-0.39, 0.29) is 33.6 Å². The number of methoxy groups -OCH3 is 1. The number of aliphatic imine (C=N–C) groups is 1. The van der Waals surface area contributed by atoms with Gasteiger partial charge in [-0.1, -0.05) is 6.07 Å². The average molecular weight is 365 g/mol. The van der Waals surface area contributed by atoms with Crippen molar-refractivity contribution in [1.82, 2.24) is 0 Å². The zero-order valence-electron chi connectivity index (χ0n) is 14.6. The molecule has 0 bridgehead atoms. The molecule has 3 aromatic rings. The third-order valence-electron chi connectivity index (χ3n) is 3.95. The van der Waals surface area contributed by atoms with Gasteiger partial charge < -0.3 is 14.3 Å². The van der Waals surface area contributed by atoms with E-state index in [1.54, 1.807) is 24.3 Å². The van der Waals surface area contributed by atoms with Crippen molar-refractivity contribution in [2.24, 2.45) is 4.99 Å². The summed E-state index contributed by atoms with van der Waals surface area (Å²) in [6, 6.07) is 10.8. The second-order valence-electron chi connectivity index (χ2n) is 5.69. The van der Waals surface area contributed by atoms with E-state index in [1.807, 2.05) is 0 Å². The predicted octanol–water partition coefficient (Wildman–Crippen LogP) is 3.24. The maximum Gasteiger partial charge on any atom is 0.348 e. The average Bonchev–Trinajstić information content (AvgIpc) is 2.67. The summed E-state index contributed by atoms with van der Waals surface area (Å²) in [5.41, 5.74) is 0.109. The van der Waals surface area contributed by atoms with Gasteiger partial charge in [-0.3, -0.25) is 9.79 Å². The fourth-order valence-corrected chi connectivity index (χ4v) is 2.55. The molecule has 27 heavy (non-hydrogen) atoms. The first-order valence-electron chi connectivity index (χ1n) is 7.94. The number of ketones is 1. The molecule has 136 valence electrons. The maximum absolute atomic E-state index is 12.2. The Morgan fingerprint density at radius 2 is 1.85 bits per heavy atom. The highest BCUT2D eigenvalue weighted by molar-refractivity contribution is 6.07. The highest BCUT2D eigenvalue weighted by atomic mass is 16.5. The highest BCUT2D eigenvalue weighted by Crippen LogP contribution is 2.28. The van der Waals surface area contributed by atoms with Crippen molar-refractivity contribution >= 4 is 34.6 Å². The topological polar surface area (TPSA) is 106 Å². The lowest BCUT2D eigenvalue weighted by molar-refractivity contribution is 0.0600.